The van der Waals surface area contributed by atoms with Crippen molar-refractivity contribution in [3.05, 3.63) is 35.6 Å². The highest BCUT2D eigenvalue weighted by molar-refractivity contribution is 5.82. The second-order valence-corrected chi connectivity index (χ2v) is 4.50. The Balaban J connectivity index is 1.85. The van der Waals surface area contributed by atoms with E-state index in [9.17, 15) is 0 Å². The molecule has 1 N–H and O–H groups in total. The molecule has 0 saturated carbocycles. The molecule has 1 fully saturated rings. The fraction of sp³-hybridized carbons (Fsp3) is 0.429. The van der Waals surface area contributed by atoms with Gasteiger partial charge < -0.3 is 19.2 Å². The van der Waals surface area contributed by atoms with Gasteiger partial charge >= 0.3 is 0 Å². The van der Waals surface area contributed by atoms with E-state index in [0.717, 1.165) is 23.3 Å². The fourth-order valence-corrected chi connectivity index (χ4v) is 2.14. The zero-order chi connectivity index (χ0) is 12.4. The van der Waals surface area contributed by atoms with Crippen LogP contribution in [0.15, 0.2) is 28.7 Å². The Bertz CT molecular complexity index is 531. The molecular formula is C14H17NO3. The maximum Gasteiger partial charge on any atom is 0.135 e. The first-order valence-corrected chi connectivity index (χ1v) is 6.21. The Labute approximate surface area is 106 Å². The maximum atomic E-state index is 5.86. The molecule has 0 radical (unpaired) electrons. The van der Waals surface area contributed by atoms with Crippen molar-refractivity contribution in [2.24, 2.45) is 0 Å². The van der Waals surface area contributed by atoms with E-state index < -0.39 is 0 Å². The van der Waals surface area contributed by atoms with E-state index in [2.05, 4.69) is 11.4 Å². The fourth-order valence-electron chi connectivity index (χ4n) is 2.14. The summed E-state index contributed by atoms with van der Waals surface area (Å²) in [6.07, 6.45) is 0.223. The minimum absolute atomic E-state index is 0.223. The molecule has 0 unspecified atom stereocenters. The van der Waals surface area contributed by atoms with E-state index in [1.807, 2.05) is 25.2 Å². The highest BCUT2D eigenvalue weighted by Crippen LogP contribution is 2.27. The van der Waals surface area contributed by atoms with Crippen molar-refractivity contribution in [1.82, 2.24) is 5.32 Å². The molecule has 0 aliphatic carbocycles. The lowest BCUT2D eigenvalue weighted by Gasteiger charge is -2.25. The lowest BCUT2D eigenvalue weighted by molar-refractivity contribution is -0.137. The molecule has 18 heavy (non-hydrogen) atoms. The van der Waals surface area contributed by atoms with E-state index in [0.29, 0.717) is 19.8 Å². The Kier molecular flexibility index (Phi) is 3.32. The first kappa shape index (κ1) is 11.7. The highest BCUT2D eigenvalue weighted by Gasteiger charge is 2.21. The van der Waals surface area contributed by atoms with Crippen molar-refractivity contribution in [2.45, 2.75) is 19.3 Å². The predicted octanol–water partition coefficient (Wildman–Crippen LogP) is 2.07. The van der Waals surface area contributed by atoms with Gasteiger partial charge in [0, 0.05) is 17.5 Å². The van der Waals surface area contributed by atoms with Crippen molar-refractivity contribution in [3.63, 3.8) is 0 Å². The molecule has 1 aromatic carbocycles. The minimum Gasteiger partial charge on any atom is -0.458 e. The monoisotopic (exact) mass is 247 g/mol. The van der Waals surface area contributed by atoms with Crippen molar-refractivity contribution in [1.29, 1.82) is 0 Å². The van der Waals surface area contributed by atoms with E-state index in [4.69, 9.17) is 13.9 Å². The molecule has 0 atom stereocenters. The van der Waals surface area contributed by atoms with Crippen LogP contribution >= 0.6 is 0 Å². The average molecular weight is 247 g/mol. The SMILES string of the molecule is CNCc1c(COC2COC2)oc2ccccc12. The zero-order valence-electron chi connectivity index (χ0n) is 10.4. The third-order valence-corrected chi connectivity index (χ3v) is 3.19. The van der Waals surface area contributed by atoms with Gasteiger partial charge in [0.2, 0.25) is 0 Å². The molecule has 1 aliphatic heterocycles. The summed E-state index contributed by atoms with van der Waals surface area (Å²) in [7, 11) is 1.94. The van der Waals surface area contributed by atoms with Gasteiger partial charge in [-0.15, -0.1) is 0 Å². The highest BCUT2D eigenvalue weighted by atomic mass is 16.6. The predicted molar refractivity (Wildman–Crippen MR) is 68.4 cm³/mol. The second-order valence-electron chi connectivity index (χ2n) is 4.50. The minimum atomic E-state index is 0.223. The van der Waals surface area contributed by atoms with Crippen LogP contribution in [-0.4, -0.2) is 26.4 Å². The van der Waals surface area contributed by atoms with Crippen LogP contribution in [0.4, 0.5) is 0 Å². The molecule has 1 aromatic heterocycles. The van der Waals surface area contributed by atoms with E-state index in [-0.39, 0.29) is 6.10 Å². The van der Waals surface area contributed by atoms with Gasteiger partial charge in [0.25, 0.3) is 0 Å². The molecule has 2 heterocycles. The lowest BCUT2D eigenvalue weighted by atomic mass is 10.1. The molecular weight excluding hydrogens is 230 g/mol. The Morgan fingerprint density at radius 3 is 2.89 bits per heavy atom. The normalized spacial score (nSPS) is 16.1. The number of para-hydroxylation sites is 1. The number of hydrogen-bond donors (Lipinski definition) is 1. The van der Waals surface area contributed by atoms with Crippen LogP contribution in [0.5, 0.6) is 0 Å². The van der Waals surface area contributed by atoms with E-state index in [1.54, 1.807) is 0 Å². The van der Waals surface area contributed by atoms with E-state index >= 15 is 0 Å². The molecule has 4 nitrogen and oxygen atoms in total. The van der Waals surface area contributed by atoms with Crippen LogP contribution in [0.2, 0.25) is 0 Å². The summed E-state index contributed by atoms with van der Waals surface area (Å²) in [6.45, 7) is 2.69. The van der Waals surface area contributed by atoms with Gasteiger partial charge in [-0.3, -0.25) is 0 Å². The van der Waals surface area contributed by atoms with Crippen molar-refractivity contribution < 1.29 is 13.9 Å². The molecule has 1 aliphatic rings. The van der Waals surface area contributed by atoms with Crippen LogP contribution in [0.1, 0.15) is 11.3 Å². The summed E-state index contributed by atoms with van der Waals surface area (Å²) in [5, 5.41) is 4.34. The number of hydrogen-bond acceptors (Lipinski definition) is 4. The van der Waals surface area contributed by atoms with Gasteiger partial charge in [0.05, 0.1) is 13.2 Å². The van der Waals surface area contributed by atoms with Crippen molar-refractivity contribution in [2.75, 3.05) is 20.3 Å². The average Bonchev–Trinajstić information content (AvgIpc) is 2.67. The Morgan fingerprint density at radius 1 is 1.33 bits per heavy atom. The van der Waals surface area contributed by atoms with E-state index in [1.165, 1.54) is 5.56 Å². The molecule has 0 bridgehead atoms. The topological polar surface area (TPSA) is 43.6 Å². The summed E-state index contributed by atoms with van der Waals surface area (Å²) in [5.74, 6) is 0.914. The summed E-state index contributed by atoms with van der Waals surface area (Å²) < 4.78 is 16.7. The van der Waals surface area contributed by atoms with Crippen LogP contribution in [0, 0.1) is 0 Å². The molecule has 4 heteroatoms. The molecule has 3 rings (SSSR count). The summed E-state index contributed by atoms with van der Waals surface area (Å²) in [4.78, 5) is 0. The smallest absolute Gasteiger partial charge is 0.135 e. The number of furan rings is 1. The Hall–Kier alpha value is -1.36. The quantitative estimate of drug-likeness (QED) is 0.878. The van der Waals surface area contributed by atoms with Crippen LogP contribution in [-0.2, 0) is 22.6 Å². The standard InChI is InChI=1S/C14H17NO3/c1-15-6-12-11-4-2-3-5-13(11)18-14(12)9-17-10-7-16-8-10/h2-5,10,15H,6-9H2,1H3. The number of benzene rings is 1. The summed E-state index contributed by atoms with van der Waals surface area (Å²) in [5.41, 5.74) is 2.11. The Morgan fingerprint density at radius 2 is 2.17 bits per heavy atom. The summed E-state index contributed by atoms with van der Waals surface area (Å²) in [6, 6.07) is 8.09. The third kappa shape index (κ3) is 2.14. The molecule has 0 spiro atoms. The van der Waals surface area contributed by atoms with Gasteiger partial charge in [0.1, 0.15) is 24.1 Å². The number of fused-ring (bicyclic) bond motifs is 1. The molecule has 96 valence electrons. The van der Waals surface area contributed by atoms with Crippen molar-refractivity contribution in [3.8, 4) is 0 Å². The maximum absolute atomic E-state index is 5.86. The van der Waals surface area contributed by atoms with Gasteiger partial charge in [-0.1, -0.05) is 18.2 Å². The van der Waals surface area contributed by atoms with Crippen LogP contribution in [0.3, 0.4) is 0 Å². The largest absolute Gasteiger partial charge is 0.458 e. The second kappa shape index (κ2) is 5.10. The van der Waals surface area contributed by atoms with Gasteiger partial charge in [0.15, 0.2) is 0 Å². The van der Waals surface area contributed by atoms with Gasteiger partial charge in [-0.05, 0) is 13.1 Å². The number of rotatable bonds is 5. The third-order valence-electron chi connectivity index (χ3n) is 3.19. The number of ether oxygens (including phenoxy) is 2. The molecule has 2 aromatic rings. The molecule has 0 amide bonds. The van der Waals surface area contributed by atoms with Gasteiger partial charge in [-0.2, -0.15) is 0 Å². The first-order chi connectivity index (χ1) is 8.88. The lowest BCUT2D eigenvalue weighted by Crippen LogP contribution is -2.35. The number of nitrogens with one attached hydrogen (secondary N) is 1. The van der Waals surface area contributed by atoms with Crippen LogP contribution in [0.25, 0.3) is 11.0 Å². The molecule has 1 saturated heterocycles. The van der Waals surface area contributed by atoms with Crippen molar-refractivity contribution >= 4 is 11.0 Å². The van der Waals surface area contributed by atoms with Gasteiger partial charge in [-0.25, -0.2) is 0 Å². The summed E-state index contributed by atoms with van der Waals surface area (Å²) >= 11 is 0. The van der Waals surface area contributed by atoms with Crippen LogP contribution < -0.4 is 5.32 Å². The first-order valence-electron chi connectivity index (χ1n) is 6.21. The zero-order valence-corrected chi connectivity index (χ0v) is 10.4.